The quantitative estimate of drug-likeness (QED) is 0.772. The van der Waals surface area contributed by atoms with Crippen molar-refractivity contribution in [2.45, 2.75) is 68.4 Å². The fourth-order valence-electron chi connectivity index (χ4n) is 3.37. The first-order chi connectivity index (χ1) is 13.0. The van der Waals surface area contributed by atoms with Crippen LogP contribution in [0.25, 0.3) is 0 Å². The van der Waals surface area contributed by atoms with E-state index in [0.29, 0.717) is 11.7 Å². The third-order valence-electron chi connectivity index (χ3n) is 5.02. The van der Waals surface area contributed by atoms with Gasteiger partial charge in [-0.3, -0.25) is 4.79 Å². The average Bonchev–Trinajstić information content (AvgIpc) is 3.03. The molecular weight excluding hydrogens is 358 g/mol. The van der Waals surface area contributed by atoms with Gasteiger partial charge < -0.3 is 9.88 Å². The number of hydrogen-bond acceptors (Lipinski definition) is 5. The first-order valence-electron chi connectivity index (χ1n) is 9.37. The second-order valence-electron chi connectivity index (χ2n) is 7.11. The Morgan fingerprint density at radius 2 is 2.00 bits per heavy atom. The molecule has 1 aliphatic carbocycles. The Balaban J connectivity index is 1.68. The van der Waals surface area contributed by atoms with Crippen molar-refractivity contribution in [1.29, 1.82) is 5.26 Å². The van der Waals surface area contributed by atoms with Crippen LogP contribution in [0.4, 0.5) is 0 Å². The molecule has 1 unspecified atom stereocenters. The van der Waals surface area contributed by atoms with Crippen molar-refractivity contribution in [1.82, 2.24) is 20.1 Å². The highest BCUT2D eigenvalue weighted by molar-refractivity contribution is 8.00. The third kappa shape index (κ3) is 4.69. The van der Waals surface area contributed by atoms with Crippen LogP contribution in [-0.4, -0.2) is 31.5 Å². The predicted octanol–water partition coefficient (Wildman–Crippen LogP) is 3.46. The molecule has 1 aromatic carbocycles. The molecule has 1 aromatic heterocycles. The zero-order chi connectivity index (χ0) is 19.3. The zero-order valence-electron chi connectivity index (χ0n) is 15.8. The van der Waals surface area contributed by atoms with E-state index in [0.717, 1.165) is 43.5 Å². The lowest BCUT2D eigenvalue weighted by Gasteiger charge is -2.32. The second kappa shape index (κ2) is 8.57. The monoisotopic (exact) mass is 383 g/mol. The number of carbonyl (C=O) groups is 1. The largest absolute Gasteiger partial charge is 0.337 e. The summed E-state index contributed by atoms with van der Waals surface area (Å²) < 4.78 is 2.02. The average molecular weight is 384 g/mol. The van der Waals surface area contributed by atoms with E-state index in [9.17, 15) is 10.1 Å². The molecular formula is C20H25N5OS. The minimum atomic E-state index is -0.711. The fourth-order valence-corrected chi connectivity index (χ4v) is 4.26. The van der Waals surface area contributed by atoms with Gasteiger partial charge in [0, 0.05) is 0 Å². The Morgan fingerprint density at radius 3 is 2.67 bits per heavy atom. The van der Waals surface area contributed by atoms with Gasteiger partial charge in [-0.25, -0.2) is 0 Å². The van der Waals surface area contributed by atoms with Crippen LogP contribution in [0.15, 0.2) is 35.5 Å². The van der Waals surface area contributed by atoms with Crippen molar-refractivity contribution in [3.05, 3.63) is 41.7 Å². The van der Waals surface area contributed by atoms with Gasteiger partial charge in [0.15, 0.2) is 5.16 Å². The van der Waals surface area contributed by atoms with Gasteiger partial charge >= 0.3 is 0 Å². The molecule has 7 heteroatoms. The summed E-state index contributed by atoms with van der Waals surface area (Å²) in [5, 5.41) is 21.4. The van der Waals surface area contributed by atoms with Crippen molar-refractivity contribution in [3.8, 4) is 6.07 Å². The van der Waals surface area contributed by atoms with E-state index < -0.39 is 5.54 Å². The SMILES string of the molecule is Cc1nnc(SC(C)C(=O)NC2(C#N)CCCCC2)n1Cc1ccccc1. The summed E-state index contributed by atoms with van der Waals surface area (Å²) in [5.41, 5.74) is 0.447. The maximum Gasteiger partial charge on any atom is 0.234 e. The normalized spacial score (nSPS) is 17.1. The lowest BCUT2D eigenvalue weighted by atomic mass is 9.83. The smallest absolute Gasteiger partial charge is 0.234 e. The molecule has 2 aromatic rings. The summed E-state index contributed by atoms with van der Waals surface area (Å²) in [6, 6.07) is 12.5. The van der Waals surface area contributed by atoms with Gasteiger partial charge in [-0.2, -0.15) is 5.26 Å². The molecule has 0 bridgehead atoms. The highest BCUT2D eigenvalue weighted by Crippen LogP contribution is 2.29. The highest BCUT2D eigenvalue weighted by atomic mass is 32.2. The molecule has 1 heterocycles. The summed E-state index contributed by atoms with van der Waals surface area (Å²) in [5.74, 6) is 0.699. The lowest BCUT2D eigenvalue weighted by molar-refractivity contribution is -0.121. The maximum absolute atomic E-state index is 12.7. The first-order valence-corrected chi connectivity index (χ1v) is 10.2. The number of aryl methyl sites for hydroxylation is 1. The number of benzene rings is 1. The molecule has 1 amide bonds. The Hall–Kier alpha value is -2.33. The molecule has 27 heavy (non-hydrogen) atoms. The molecule has 0 saturated heterocycles. The first kappa shape index (κ1) is 19.4. The van der Waals surface area contributed by atoms with Gasteiger partial charge in [0.2, 0.25) is 5.91 Å². The van der Waals surface area contributed by atoms with E-state index in [1.54, 1.807) is 0 Å². The molecule has 0 radical (unpaired) electrons. The van der Waals surface area contributed by atoms with Crippen LogP contribution in [0.5, 0.6) is 0 Å². The van der Waals surface area contributed by atoms with Crippen LogP contribution in [0.3, 0.4) is 0 Å². The number of nitrogens with one attached hydrogen (secondary N) is 1. The van der Waals surface area contributed by atoms with Gasteiger partial charge in [-0.05, 0) is 32.3 Å². The lowest BCUT2D eigenvalue weighted by Crippen LogP contribution is -2.51. The fraction of sp³-hybridized carbons (Fsp3) is 0.500. The summed E-state index contributed by atoms with van der Waals surface area (Å²) in [6.45, 7) is 4.43. The van der Waals surface area contributed by atoms with Crippen LogP contribution in [-0.2, 0) is 11.3 Å². The Bertz CT molecular complexity index is 821. The van der Waals surface area contributed by atoms with E-state index in [4.69, 9.17) is 0 Å². The van der Waals surface area contributed by atoms with Crippen LogP contribution < -0.4 is 5.32 Å². The summed E-state index contributed by atoms with van der Waals surface area (Å²) in [4.78, 5) is 12.7. The van der Waals surface area contributed by atoms with Gasteiger partial charge in [-0.1, -0.05) is 61.4 Å². The van der Waals surface area contributed by atoms with E-state index >= 15 is 0 Å². The molecule has 0 spiro atoms. The minimum absolute atomic E-state index is 0.115. The Morgan fingerprint density at radius 1 is 1.30 bits per heavy atom. The molecule has 0 aliphatic heterocycles. The maximum atomic E-state index is 12.7. The van der Waals surface area contributed by atoms with Crippen LogP contribution in [0.1, 0.15) is 50.4 Å². The molecule has 3 rings (SSSR count). The van der Waals surface area contributed by atoms with Crippen LogP contribution in [0, 0.1) is 18.3 Å². The Kier molecular flexibility index (Phi) is 6.17. The third-order valence-corrected chi connectivity index (χ3v) is 6.10. The standard InChI is InChI=1S/C20H25N5OS/c1-15(18(26)22-20(14-21)11-7-4-8-12-20)27-19-24-23-16(2)25(19)13-17-9-5-3-6-10-17/h3,5-6,9-10,15H,4,7-8,11-13H2,1-2H3,(H,22,26). The van der Waals surface area contributed by atoms with Gasteiger partial charge in [-0.15, -0.1) is 10.2 Å². The molecule has 1 aliphatic rings. The summed E-state index contributed by atoms with van der Waals surface area (Å²) in [6.07, 6.45) is 4.57. The predicted molar refractivity (Wildman–Crippen MR) is 105 cm³/mol. The van der Waals surface area contributed by atoms with E-state index in [-0.39, 0.29) is 11.2 Å². The zero-order valence-corrected chi connectivity index (χ0v) is 16.6. The van der Waals surface area contributed by atoms with Crippen molar-refractivity contribution in [2.75, 3.05) is 0 Å². The Labute approximate surface area is 164 Å². The molecule has 6 nitrogen and oxygen atoms in total. The minimum Gasteiger partial charge on any atom is -0.337 e. The van der Waals surface area contributed by atoms with Gasteiger partial charge in [0.05, 0.1) is 17.9 Å². The van der Waals surface area contributed by atoms with Crippen molar-refractivity contribution in [2.24, 2.45) is 0 Å². The molecule has 1 fully saturated rings. The van der Waals surface area contributed by atoms with Crippen molar-refractivity contribution >= 4 is 17.7 Å². The summed E-state index contributed by atoms with van der Waals surface area (Å²) >= 11 is 1.38. The van der Waals surface area contributed by atoms with Crippen molar-refractivity contribution in [3.63, 3.8) is 0 Å². The highest BCUT2D eigenvalue weighted by Gasteiger charge is 2.35. The topological polar surface area (TPSA) is 83.6 Å². The molecule has 142 valence electrons. The van der Waals surface area contributed by atoms with E-state index in [1.807, 2.05) is 36.6 Å². The van der Waals surface area contributed by atoms with E-state index in [2.05, 4.69) is 33.7 Å². The number of rotatable bonds is 6. The number of carbonyl (C=O) groups excluding carboxylic acids is 1. The number of aromatic nitrogens is 3. The number of nitriles is 1. The van der Waals surface area contributed by atoms with Crippen LogP contribution in [0.2, 0.25) is 0 Å². The number of nitrogens with zero attached hydrogens (tertiary/aromatic N) is 4. The number of amides is 1. The second-order valence-corrected chi connectivity index (χ2v) is 8.41. The van der Waals surface area contributed by atoms with E-state index in [1.165, 1.54) is 11.8 Å². The number of hydrogen-bond donors (Lipinski definition) is 1. The van der Waals surface area contributed by atoms with Gasteiger partial charge in [0.1, 0.15) is 11.4 Å². The molecule has 1 atom stereocenters. The van der Waals surface area contributed by atoms with Gasteiger partial charge in [0.25, 0.3) is 0 Å². The number of thioether (sulfide) groups is 1. The molecule has 1 saturated carbocycles. The van der Waals surface area contributed by atoms with Crippen LogP contribution >= 0.6 is 11.8 Å². The summed E-state index contributed by atoms with van der Waals surface area (Å²) in [7, 11) is 0. The molecule has 1 N–H and O–H groups in total. The van der Waals surface area contributed by atoms with Crippen molar-refractivity contribution < 1.29 is 4.79 Å².